The molecule has 10 nitrogen and oxygen atoms in total. The Morgan fingerprint density at radius 1 is 0.919 bits per heavy atom. The molecule has 11 heteroatoms. The fraction of sp³-hybridized carbons (Fsp3) is 0.154. The van der Waals surface area contributed by atoms with Crippen molar-refractivity contribution in [3.63, 3.8) is 0 Å². The van der Waals surface area contributed by atoms with Gasteiger partial charge in [0.05, 0.1) is 29.2 Å². The number of rotatable bonds is 10. The van der Waals surface area contributed by atoms with Gasteiger partial charge in [-0.1, -0.05) is 30.3 Å². The predicted molar refractivity (Wildman–Crippen MR) is 148 cm³/mol. The molecule has 0 unspecified atom stereocenters. The third-order valence-corrected chi connectivity index (χ3v) is 5.48. The molecule has 0 heterocycles. The summed E-state index contributed by atoms with van der Waals surface area (Å²) in [5, 5.41) is 9.09. The molecule has 0 radical (unpaired) electrons. The number of methoxy groups -OCH3 is 1. The lowest BCUT2D eigenvalue weighted by Gasteiger charge is -2.13. The van der Waals surface area contributed by atoms with Crippen LogP contribution in [-0.2, 0) is 14.4 Å². The van der Waals surface area contributed by atoms with Crippen LogP contribution < -0.4 is 30.3 Å². The van der Waals surface area contributed by atoms with E-state index in [1.54, 1.807) is 48.5 Å². The van der Waals surface area contributed by atoms with E-state index in [4.69, 9.17) is 14.2 Å². The summed E-state index contributed by atoms with van der Waals surface area (Å²) < 4.78 is 17.2. The first kappa shape index (κ1) is 27.5. The number of hydrogen-bond donors (Lipinski definition) is 3. The Hall–Kier alpha value is -4.13. The number of hydrazone groups is 1. The molecule has 0 fully saturated rings. The van der Waals surface area contributed by atoms with Crippen LogP contribution in [0, 0.1) is 3.57 Å². The Labute approximate surface area is 227 Å². The van der Waals surface area contributed by atoms with Crippen LogP contribution >= 0.6 is 22.6 Å². The Morgan fingerprint density at radius 2 is 1.65 bits per heavy atom. The topological polar surface area (TPSA) is 127 Å². The van der Waals surface area contributed by atoms with Gasteiger partial charge in [0.25, 0.3) is 5.91 Å². The fourth-order valence-corrected chi connectivity index (χ4v) is 3.84. The minimum atomic E-state index is -0.950. The molecular formula is C26H25IN4O6. The van der Waals surface area contributed by atoms with Gasteiger partial charge in [-0.2, -0.15) is 5.10 Å². The normalized spacial score (nSPS) is 10.5. The molecule has 0 aromatic heterocycles. The van der Waals surface area contributed by atoms with Crippen molar-refractivity contribution in [1.29, 1.82) is 0 Å². The first-order valence-electron chi connectivity index (χ1n) is 11.1. The first-order valence-corrected chi connectivity index (χ1v) is 12.2. The van der Waals surface area contributed by atoms with Crippen LogP contribution in [0.25, 0.3) is 0 Å². The number of carbonyl (C=O) groups is 3. The maximum Gasteiger partial charge on any atom is 0.329 e. The zero-order valence-corrected chi connectivity index (χ0v) is 22.3. The van der Waals surface area contributed by atoms with Crippen LogP contribution in [0.1, 0.15) is 12.5 Å². The summed E-state index contributed by atoms with van der Waals surface area (Å²) in [5.74, 6) is -0.948. The highest BCUT2D eigenvalue weighted by Gasteiger charge is 2.16. The van der Waals surface area contributed by atoms with Crippen LogP contribution in [-0.4, -0.2) is 44.3 Å². The van der Waals surface area contributed by atoms with E-state index in [-0.39, 0.29) is 12.5 Å². The van der Waals surface area contributed by atoms with Gasteiger partial charge in [0.1, 0.15) is 5.75 Å². The third-order valence-electron chi connectivity index (χ3n) is 4.68. The summed E-state index contributed by atoms with van der Waals surface area (Å²) in [6.07, 6.45) is 1.36. The van der Waals surface area contributed by atoms with Gasteiger partial charge in [0, 0.05) is 5.69 Å². The highest BCUT2D eigenvalue weighted by molar-refractivity contribution is 14.1. The van der Waals surface area contributed by atoms with E-state index in [0.29, 0.717) is 44.4 Å². The van der Waals surface area contributed by atoms with Crippen LogP contribution in [0.15, 0.2) is 71.8 Å². The molecule has 0 atom stereocenters. The van der Waals surface area contributed by atoms with E-state index in [1.165, 1.54) is 13.3 Å². The molecule has 0 bridgehead atoms. The number of ether oxygens (including phenoxy) is 3. The van der Waals surface area contributed by atoms with Crippen LogP contribution in [0.3, 0.4) is 0 Å². The number of benzene rings is 3. The Kier molecular flexibility index (Phi) is 10.3. The standard InChI is InChI=1S/C26H25IN4O6/c1-3-36-21-12-8-7-11-20(21)30-25(33)26(34)31-28-15-17-13-19(27)24(22(14-17)35-2)37-16-23(32)29-18-9-5-4-6-10-18/h4-15H,3,16H2,1-2H3,(H,29,32)(H,30,33)(H,31,34)/b28-15-. The van der Waals surface area contributed by atoms with Gasteiger partial charge < -0.3 is 24.8 Å². The molecule has 3 aromatic rings. The third kappa shape index (κ3) is 8.20. The predicted octanol–water partition coefficient (Wildman–Crippen LogP) is 3.80. The second kappa shape index (κ2) is 13.8. The molecule has 3 rings (SSSR count). The monoisotopic (exact) mass is 616 g/mol. The molecule has 192 valence electrons. The molecule has 0 aliphatic heterocycles. The van der Waals surface area contributed by atoms with Crippen molar-refractivity contribution in [2.24, 2.45) is 5.10 Å². The van der Waals surface area contributed by atoms with Gasteiger partial charge in [-0.3, -0.25) is 14.4 Å². The van der Waals surface area contributed by atoms with Gasteiger partial charge in [-0.15, -0.1) is 0 Å². The van der Waals surface area contributed by atoms with Gasteiger partial charge in [0.15, 0.2) is 18.1 Å². The second-order valence-corrected chi connectivity index (χ2v) is 8.48. The van der Waals surface area contributed by atoms with Crippen molar-refractivity contribution in [3.8, 4) is 17.2 Å². The van der Waals surface area contributed by atoms with E-state index in [1.807, 2.05) is 47.7 Å². The number of hydrogen-bond acceptors (Lipinski definition) is 7. The number of nitrogens with one attached hydrogen (secondary N) is 3. The summed E-state index contributed by atoms with van der Waals surface area (Å²) >= 11 is 2.04. The number of nitrogens with zero attached hydrogens (tertiary/aromatic N) is 1. The Bertz CT molecular complexity index is 1280. The molecule has 0 saturated heterocycles. The number of amides is 3. The molecule has 3 N–H and O–H groups in total. The molecule has 0 saturated carbocycles. The van der Waals surface area contributed by atoms with Crippen molar-refractivity contribution in [2.75, 3.05) is 31.0 Å². The number of anilines is 2. The zero-order chi connectivity index (χ0) is 26.6. The molecule has 0 aliphatic carbocycles. The van der Waals surface area contributed by atoms with Crippen LogP contribution in [0.5, 0.6) is 17.2 Å². The highest BCUT2D eigenvalue weighted by Crippen LogP contribution is 2.33. The van der Waals surface area contributed by atoms with Crippen LogP contribution in [0.4, 0.5) is 11.4 Å². The number of para-hydroxylation sites is 3. The zero-order valence-electron chi connectivity index (χ0n) is 20.1. The number of carbonyl (C=O) groups excluding carboxylic acids is 3. The molecule has 0 spiro atoms. The van der Waals surface area contributed by atoms with Crippen molar-refractivity contribution >= 4 is 57.9 Å². The van der Waals surface area contributed by atoms with Gasteiger partial charge in [0.2, 0.25) is 0 Å². The summed E-state index contributed by atoms with van der Waals surface area (Å²) in [6, 6.07) is 19.2. The summed E-state index contributed by atoms with van der Waals surface area (Å²) in [4.78, 5) is 36.6. The molecular weight excluding hydrogens is 591 g/mol. The second-order valence-electron chi connectivity index (χ2n) is 7.32. The Balaban J connectivity index is 1.58. The van der Waals surface area contributed by atoms with Crippen LogP contribution in [0.2, 0.25) is 0 Å². The van der Waals surface area contributed by atoms with E-state index in [0.717, 1.165) is 0 Å². The average Bonchev–Trinajstić information content (AvgIpc) is 2.89. The van der Waals surface area contributed by atoms with Gasteiger partial charge >= 0.3 is 11.8 Å². The molecule has 37 heavy (non-hydrogen) atoms. The van der Waals surface area contributed by atoms with Crippen molar-refractivity contribution < 1.29 is 28.6 Å². The highest BCUT2D eigenvalue weighted by atomic mass is 127. The lowest BCUT2D eigenvalue weighted by molar-refractivity contribution is -0.136. The van der Waals surface area contributed by atoms with E-state index < -0.39 is 11.8 Å². The van der Waals surface area contributed by atoms with Crippen molar-refractivity contribution in [2.45, 2.75) is 6.92 Å². The lowest BCUT2D eigenvalue weighted by atomic mass is 10.2. The molecule has 0 aliphatic rings. The van der Waals surface area contributed by atoms with Crippen molar-refractivity contribution in [1.82, 2.24) is 5.43 Å². The molecule has 3 amide bonds. The number of halogens is 1. The summed E-state index contributed by atoms with van der Waals surface area (Å²) in [6.45, 7) is 2.01. The van der Waals surface area contributed by atoms with E-state index in [2.05, 4.69) is 21.2 Å². The SMILES string of the molecule is CCOc1ccccc1NC(=O)C(=O)N/N=C\c1cc(I)c(OCC(=O)Nc2ccccc2)c(OC)c1. The Morgan fingerprint density at radius 3 is 2.38 bits per heavy atom. The van der Waals surface area contributed by atoms with Crippen molar-refractivity contribution in [3.05, 3.63) is 75.9 Å². The minimum Gasteiger partial charge on any atom is -0.493 e. The summed E-state index contributed by atoms with van der Waals surface area (Å²) in [7, 11) is 1.47. The van der Waals surface area contributed by atoms with E-state index in [9.17, 15) is 14.4 Å². The van der Waals surface area contributed by atoms with Gasteiger partial charge in [-0.05, 0) is 71.5 Å². The maximum atomic E-state index is 12.2. The van der Waals surface area contributed by atoms with E-state index >= 15 is 0 Å². The fourth-order valence-electron chi connectivity index (χ4n) is 3.06. The lowest BCUT2D eigenvalue weighted by Crippen LogP contribution is -2.32. The van der Waals surface area contributed by atoms with Gasteiger partial charge in [-0.25, -0.2) is 5.43 Å². The molecule has 3 aromatic carbocycles. The first-order chi connectivity index (χ1) is 17.9. The smallest absolute Gasteiger partial charge is 0.329 e. The maximum absolute atomic E-state index is 12.2. The minimum absolute atomic E-state index is 0.216. The quantitative estimate of drug-likeness (QED) is 0.138. The largest absolute Gasteiger partial charge is 0.493 e. The average molecular weight is 616 g/mol. The summed E-state index contributed by atoms with van der Waals surface area (Å²) in [5.41, 5.74) is 3.80.